The van der Waals surface area contributed by atoms with Crippen molar-refractivity contribution in [3.63, 3.8) is 0 Å². The largest absolute Gasteiger partial charge is 0.416 e. The number of hydrogen-bond donors (Lipinski definition) is 1. The van der Waals surface area contributed by atoms with Crippen molar-refractivity contribution >= 4 is 5.91 Å². The van der Waals surface area contributed by atoms with Gasteiger partial charge in [-0.25, -0.2) is 0 Å². The Labute approximate surface area is 141 Å². The van der Waals surface area contributed by atoms with Crippen LogP contribution in [0.4, 0.5) is 13.2 Å². The lowest BCUT2D eigenvalue weighted by atomic mass is 9.90. The first-order valence-electron chi connectivity index (χ1n) is 8.39. The number of nitrogens with two attached hydrogens (primary N) is 1. The maximum absolute atomic E-state index is 13.1. The van der Waals surface area contributed by atoms with Gasteiger partial charge < -0.3 is 10.6 Å². The molecule has 1 heterocycles. The fraction of sp³-hybridized carbons (Fsp3) is 0.611. The SMILES string of the molecule is C[C@H](CC(=O)N1CCC[C@@H]([C@H](C)N)C1)c1ccccc1C(F)(F)F. The van der Waals surface area contributed by atoms with Gasteiger partial charge in [0.15, 0.2) is 0 Å². The van der Waals surface area contributed by atoms with Crippen LogP contribution in [-0.2, 0) is 11.0 Å². The minimum absolute atomic E-state index is 0.0176. The van der Waals surface area contributed by atoms with E-state index in [-0.39, 0.29) is 29.9 Å². The lowest BCUT2D eigenvalue weighted by molar-refractivity contribution is -0.139. The van der Waals surface area contributed by atoms with Gasteiger partial charge in [0.1, 0.15) is 0 Å². The standard InChI is InChI=1S/C18H25F3N2O/c1-12(15-7-3-4-8-16(15)18(19,20)21)10-17(24)23-9-5-6-14(11-23)13(2)22/h3-4,7-8,12-14H,5-6,9-11,22H2,1-2H3/t12-,13+,14-/m1/s1. The monoisotopic (exact) mass is 342 g/mol. The molecule has 1 aliphatic heterocycles. The van der Waals surface area contributed by atoms with Gasteiger partial charge in [-0.2, -0.15) is 13.2 Å². The third-order valence-electron chi connectivity index (χ3n) is 4.83. The number of likely N-dealkylation sites (tertiary alicyclic amines) is 1. The molecule has 1 amide bonds. The number of nitrogens with zero attached hydrogens (tertiary/aromatic N) is 1. The smallest absolute Gasteiger partial charge is 0.342 e. The van der Waals surface area contributed by atoms with E-state index in [1.54, 1.807) is 17.9 Å². The first-order valence-corrected chi connectivity index (χ1v) is 8.39. The third kappa shape index (κ3) is 4.50. The van der Waals surface area contributed by atoms with Gasteiger partial charge in [-0.3, -0.25) is 4.79 Å². The van der Waals surface area contributed by atoms with Crippen molar-refractivity contribution in [2.75, 3.05) is 13.1 Å². The van der Waals surface area contributed by atoms with Gasteiger partial charge in [-0.05, 0) is 43.2 Å². The topological polar surface area (TPSA) is 46.3 Å². The van der Waals surface area contributed by atoms with Crippen molar-refractivity contribution in [2.45, 2.75) is 51.2 Å². The lowest BCUT2D eigenvalue weighted by Crippen LogP contribution is -2.45. The Morgan fingerprint density at radius 2 is 2.00 bits per heavy atom. The van der Waals surface area contributed by atoms with E-state index in [1.165, 1.54) is 12.1 Å². The van der Waals surface area contributed by atoms with Crippen LogP contribution in [0.3, 0.4) is 0 Å². The number of benzene rings is 1. The molecule has 0 bridgehead atoms. The Morgan fingerprint density at radius 1 is 1.33 bits per heavy atom. The molecule has 0 saturated carbocycles. The van der Waals surface area contributed by atoms with Gasteiger partial charge in [-0.15, -0.1) is 0 Å². The second-order valence-corrected chi connectivity index (χ2v) is 6.79. The van der Waals surface area contributed by atoms with Crippen molar-refractivity contribution < 1.29 is 18.0 Å². The summed E-state index contributed by atoms with van der Waals surface area (Å²) in [6.45, 7) is 4.87. The molecule has 0 aromatic heterocycles. The summed E-state index contributed by atoms with van der Waals surface area (Å²) in [7, 11) is 0. The van der Waals surface area contributed by atoms with Crippen LogP contribution in [0, 0.1) is 5.92 Å². The molecule has 2 rings (SSSR count). The van der Waals surface area contributed by atoms with Gasteiger partial charge in [0.05, 0.1) is 5.56 Å². The fourth-order valence-corrected chi connectivity index (χ4v) is 3.35. The summed E-state index contributed by atoms with van der Waals surface area (Å²) < 4.78 is 39.4. The quantitative estimate of drug-likeness (QED) is 0.905. The van der Waals surface area contributed by atoms with Gasteiger partial charge >= 0.3 is 6.18 Å². The molecule has 0 unspecified atom stereocenters. The Morgan fingerprint density at radius 3 is 2.62 bits per heavy atom. The first-order chi connectivity index (χ1) is 11.2. The second-order valence-electron chi connectivity index (χ2n) is 6.79. The molecule has 3 atom stereocenters. The zero-order valence-corrected chi connectivity index (χ0v) is 14.1. The second kappa shape index (κ2) is 7.55. The van der Waals surface area contributed by atoms with Gasteiger partial charge in [0, 0.05) is 25.6 Å². The molecule has 134 valence electrons. The maximum Gasteiger partial charge on any atom is 0.416 e. The molecule has 3 nitrogen and oxygen atoms in total. The number of amides is 1. The first kappa shape index (κ1) is 18.8. The Hall–Kier alpha value is -1.56. The van der Waals surface area contributed by atoms with Crippen LogP contribution in [0.2, 0.25) is 0 Å². The van der Waals surface area contributed by atoms with E-state index >= 15 is 0 Å². The van der Waals surface area contributed by atoms with Crippen LogP contribution in [0.1, 0.15) is 50.2 Å². The van der Waals surface area contributed by atoms with E-state index in [4.69, 9.17) is 5.73 Å². The van der Waals surface area contributed by atoms with Crippen LogP contribution in [0.15, 0.2) is 24.3 Å². The number of rotatable bonds is 4. The normalized spacial score (nSPS) is 21.4. The molecule has 1 aromatic carbocycles. The molecule has 1 fully saturated rings. The van der Waals surface area contributed by atoms with Gasteiger partial charge in [0.2, 0.25) is 5.91 Å². The fourth-order valence-electron chi connectivity index (χ4n) is 3.35. The average molecular weight is 342 g/mol. The predicted molar refractivity (Wildman–Crippen MR) is 87.4 cm³/mol. The van der Waals surface area contributed by atoms with Crippen LogP contribution >= 0.6 is 0 Å². The summed E-state index contributed by atoms with van der Waals surface area (Å²) in [5, 5.41) is 0. The van der Waals surface area contributed by atoms with Crippen molar-refractivity contribution in [3.8, 4) is 0 Å². The molecular weight excluding hydrogens is 317 g/mol. The van der Waals surface area contributed by atoms with Crippen molar-refractivity contribution in [2.24, 2.45) is 11.7 Å². The van der Waals surface area contributed by atoms with E-state index in [1.807, 2.05) is 6.92 Å². The highest BCUT2D eigenvalue weighted by molar-refractivity contribution is 5.77. The summed E-state index contributed by atoms with van der Waals surface area (Å²) in [6, 6.07) is 5.51. The van der Waals surface area contributed by atoms with Gasteiger partial charge in [-0.1, -0.05) is 25.1 Å². The Balaban J connectivity index is 2.07. The van der Waals surface area contributed by atoms with Gasteiger partial charge in [0.25, 0.3) is 0 Å². The van der Waals surface area contributed by atoms with E-state index in [0.29, 0.717) is 13.1 Å². The number of carbonyl (C=O) groups is 1. The summed E-state index contributed by atoms with van der Waals surface area (Å²) in [4.78, 5) is 14.3. The molecule has 6 heteroatoms. The van der Waals surface area contributed by atoms with Crippen LogP contribution in [-0.4, -0.2) is 29.9 Å². The number of halogens is 3. The van der Waals surface area contributed by atoms with Crippen LogP contribution in [0.25, 0.3) is 0 Å². The number of piperidine rings is 1. The minimum atomic E-state index is -4.40. The number of carbonyl (C=O) groups excluding carboxylic acids is 1. The predicted octanol–water partition coefficient (Wildman–Crippen LogP) is 3.78. The van der Waals surface area contributed by atoms with Crippen LogP contribution in [0.5, 0.6) is 0 Å². The van der Waals surface area contributed by atoms with Crippen molar-refractivity contribution in [3.05, 3.63) is 35.4 Å². The number of alkyl halides is 3. The third-order valence-corrected chi connectivity index (χ3v) is 4.83. The molecule has 1 aliphatic rings. The maximum atomic E-state index is 13.1. The zero-order valence-electron chi connectivity index (χ0n) is 14.1. The van der Waals surface area contributed by atoms with E-state index in [9.17, 15) is 18.0 Å². The zero-order chi connectivity index (χ0) is 17.9. The molecule has 1 saturated heterocycles. The Kier molecular flexibility index (Phi) is 5.91. The molecule has 0 spiro atoms. The van der Waals surface area contributed by atoms with Crippen LogP contribution < -0.4 is 5.73 Å². The Bertz CT molecular complexity index is 572. The molecule has 24 heavy (non-hydrogen) atoms. The highest BCUT2D eigenvalue weighted by Gasteiger charge is 2.35. The van der Waals surface area contributed by atoms with E-state index in [2.05, 4.69) is 0 Å². The van der Waals surface area contributed by atoms with E-state index < -0.39 is 17.7 Å². The molecule has 0 radical (unpaired) electrons. The molecule has 2 N–H and O–H groups in total. The molecular formula is C18H25F3N2O. The lowest BCUT2D eigenvalue weighted by Gasteiger charge is -2.35. The van der Waals surface area contributed by atoms with E-state index in [0.717, 1.165) is 18.9 Å². The summed E-state index contributed by atoms with van der Waals surface area (Å²) in [5.74, 6) is -0.309. The minimum Gasteiger partial charge on any atom is -0.342 e. The van der Waals surface area contributed by atoms with Crippen molar-refractivity contribution in [1.82, 2.24) is 4.90 Å². The summed E-state index contributed by atoms with van der Waals surface area (Å²) in [6.07, 6.45) is -2.43. The highest BCUT2D eigenvalue weighted by atomic mass is 19.4. The molecule has 0 aliphatic carbocycles. The summed E-state index contributed by atoms with van der Waals surface area (Å²) >= 11 is 0. The number of hydrogen-bond acceptors (Lipinski definition) is 2. The average Bonchev–Trinajstić information content (AvgIpc) is 2.54. The summed E-state index contributed by atoms with van der Waals surface area (Å²) in [5.41, 5.74) is 5.45. The molecule has 1 aromatic rings. The highest BCUT2D eigenvalue weighted by Crippen LogP contribution is 2.36. The van der Waals surface area contributed by atoms with Crippen molar-refractivity contribution in [1.29, 1.82) is 0 Å².